The zero-order valence-corrected chi connectivity index (χ0v) is 18.3. The molecule has 3 heterocycles. The van der Waals surface area contributed by atoms with Gasteiger partial charge in [0.05, 0.1) is 16.8 Å². The fraction of sp³-hybridized carbons (Fsp3) is 0.148. The van der Waals surface area contributed by atoms with E-state index >= 15 is 0 Å². The van der Waals surface area contributed by atoms with Crippen LogP contribution < -0.4 is 4.74 Å². The number of para-hydroxylation sites is 1. The monoisotopic (exact) mass is 438 g/mol. The normalized spacial score (nSPS) is 15.0. The van der Waals surface area contributed by atoms with Gasteiger partial charge in [-0.3, -0.25) is 4.79 Å². The Labute approximate surface area is 191 Å². The fourth-order valence-electron chi connectivity index (χ4n) is 3.81. The van der Waals surface area contributed by atoms with Gasteiger partial charge in [0, 0.05) is 23.2 Å². The van der Waals surface area contributed by atoms with Gasteiger partial charge >= 0.3 is 0 Å². The van der Waals surface area contributed by atoms with Crippen LogP contribution in [0.5, 0.6) is 11.6 Å². The molecule has 0 saturated heterocycles. The van der Waals surface area contributed by atoms with Crippen LogP contribution in [0.25, 0.3) is 22.2 Å². The molecule has 164 valence electrons. The van der Waals surface area contributed by atoms with Crippen molar-refractivity contribution in [2.75, 3.05) is 0 Å². The summed E-state index contributed by atoms with van der Waals surface area (Å²) in [6.07, 6.45) is 1.49. The topological polar surface area (TPSA) is 81.5 Å². The van der Waals surface area contributed by atoms with Gasteiger partial charge in [0.25, 0.3) is 0 Å². The lowest BCUT2D eigenvalue weighted by molar-refractivity contribution is -0.125. The quantitative estimate of drug-likeness (QED) is 0.464. The maximum atomic E-state index is 13.1. The van der Waals surface area contributed by atoms with E-state index in [2.05, 4.69) is 9.97 Å². The fourth-order valence-corrected chi connectivity index (χ4v) is 3.81. The zero-order valence-electron chi connectivity index (χ0n) is 18.3. The third-order valence-electron chi connectivity index (χ3n) is 5.55. The van der Waals surface area contributed by atoms with Crippen molar-refractivity contribution in [3.63, 3.8) is 0 Å². The van der Waals surface area contributed by atoms with Crippen molar-refractivity contribution < 1.29 is 19.4 Å². The Bertz CT molecular complexity index is 1370. The van der Waals surface area contributed by atoms with E-state index in [1.54, 1.807) is 19.9 Å². The highest BCUT2D eigenvalue weighted by molar-refractivity contribution is 6.32. The largest absolute Gasteiger partial charge is 0.493 e. The molecule has 0 amide bonds. The Balaban J connectivity index is 1.39. The summed E-state index contributed by atoms with van der Waals surface area (Å²) in [5, 5.41) is 10.6. The van der Waals surface area contributed by atoms with E-state index in [1.807, 2.05) is 60.7 Å². The number of fused-ring (bicyclic) bond motifs is 1. The first kappa shape index (κ1) is 20.7. The number of nitrogens with zero attached hydrogens (tertiary/aromatic N) is 2. The van der Waals surface area contributed by atoms with Crippen molar-refractivity contribution >= 4 is 28.0 Å². The van der Waals surface area contributed by atoms with Crippen molar-refractivity contribution in [1.29, 1.82) is 0 Å². The summed E-state index contributed by atoms with van der Waals surface area (Å²) >= 11 is 0. The first-order chi connectivity index (χ1) is 15.9. The molecule has 4 aromatic rings. The van der Waals surface area contributed by atoms with Gasteiger partial charge in [0.1, 0.15) is 18.1 Å². The molecule has 6 heteroatoms. The Hall–Kier alpha value is -4.19. The number of pyridine rings is 2. The molecule has 6 nitrogen and oxygen atoms in total. The summed E-state index contributed by atoms with van der Waals surface area (Å²) in [6, 6.07) is 22.4. The summed E-state index contributed by atoms with van der Waals surface area (Å²) in [5.74, 6) is 0.922. The van der Waals surface area contributed by atoms with E-state index in [0.29, 0.717) is 29.3 Å². The second kappa shape index (κ2) is 8.06. The average Bonchev–Trinajstić information content (AvgIpc) is 3.07. The van der Waals surface area contributed by atoms with Gasteiger partial charge in [-0.05, 0) is 49.7 Å². The molecule has 0 spiro atoms. The van der Waals surface area contributed by atoms with Crippen molar-refractivity contribution in [3.05, 3.63) is 95.8 Å². The summed E-state index contributed by atoms with van der Waals surface area (Å²) in [5.41, 5.74) is 2.62. The summed E-state index contributed by atoms with van der Waals surface area (Å²) in [6.45, 7) is 3.82. The van der Waals surface area contributed by atoms with Gasteiger partial charge in [-0.2, -0.15) is 0 Å². The molecule has 1 aliphatic rings. The maximum Gasteiger partial charge on any atom is 0.210 e. The highest BCUT2D eigenvalue weighted by Gasteiger charge is 2.42. The maximum absolute atomic E-state index is 13.1. The van der Waals surface area contributed by atoms with Crippen molar-refractivity contribution in [2.24, 2.45) is 0 Å². The Kier molecular flexibility index (Phi) is 5.05. The van der Waals surface area contributed by atoms with Gasteiger partial charge in [0.2, 0.25) is 11.7 Å². The highest BCUT2D eigenvalue weighted by atomic mass is 16.5. The third kappa shape index (κ3) is 4.03. The summed E-state index contributed by atoms with van der Waals surface area (Å²) in [7, 11) is 0. The van der Waals surface area contributed by atoms with Crippen molar-refractivity contribution in [3.8, 4) is 11.6 Å². The minimum atomic E-state index is -0.987. The van der Waals surface area contributed by atoms with Crippen LogP contribution in [-0.2, 0) is 16.1 Å². The minimum Gasteiger partial charge on any atom is -0.493 e. The lowest BCUT2D eigenvalue weighted by Crippen LogP contribution is -2.29. The number of carbonyl (C=O) groups is 1. The molecule has 0 fully saturated rings. The zero-order chi connectivity index (χ0) is 23.0. The Morgan fingerprint density at radius 2 is 1.70 bits per heavy atom. The smallest absolute Gasteiger partial charge is 0.210 e. The molecular weight excluding hydrogens is 416 g/mol. The Morgan fingerprint density at radius 3 is 2.45 bits per heavy atom. The van der Waals surface area contributed by atoms with Gasteiger partial charge in [-0.1, -0.05) is 36.4 Å². The second-order valence-corrected chi connectivity index (χ2v) is 8.36. The molecule has 2 aromatic heterocycles. The molecule has 0 atom stereocenters. The first-order valence-electron chi connectivity index (χ1n) is 10.6. The number of carbonyl (C=O) groups excluding carboxylic acids is 1. The molecule has 0 saturated carbocycles. The van der Waals surface area contributed by atoms with Crippen LogP contribution >= 0.6 is 0 Å². The van der Waals surface area contributed by atoms with Crippen LogP contribution in [0.4, 0.5) is 0 Å². The van der Waals surface area contributed by atoms with Crippen LogP contribution in [-0.4, -0.2) is 26.5 Å². The molecule has 1 aliphatic heterocycles. The Morgan fingerprint density at radius 1 is 0.939 bits per heavy atom. The van der Waals surface area contributed by atoms with E-state index in [-0.39, 0.29) is 11.7 Å². The highest BCUT2D eigenvalue weighted by Crippen LogP contribution is 2.41. The van der Waals surface area contributed by atoms with Crippen LogP contribution in [0, 0.1) is 0 Å². The van der Waals surface area contributed by atoms with Crippen LogP contribution in [0.1, 0.15) is 30.7 Å². The number of aromatic nitrogens is 2. The second-order valence-electron chi connectivity index (χ2n) is 8.36. The third-order valence-corrected chi connectivity index (χ3v) is 5.55. The summed E-state index contributed by atoms with van der Waals surface area (Å²) in [4.78, 5) is 21.6. The molecule has 2 aromatic carbocycles. The van der Waals surface area contributed by atoms with Crippen LogP contribution in [0.2, 0.25) is 0 Å². The van der Waals surface area contributed by atoms with E-state index < -0.39 is 5.60 Å². The van der Waals surface area contributed by atoms with Gasteiger partial charge in [-0.25, -0.2) is 9.97 Å². The van der Waals surface area contributed by atoms with Crippen LogP contribution in [0.3, 0.4) is 0 Å². The van der Waals surface area contributed by atoms with Gasteiger partial charge in [0.15, 0.2) is 5.60 Å². The SMILES string of the molecule is CC1(C)OC(c2ccc(O)nc2)=C(c2ccc(OCc3ccc4ccccc4n3)cc2)C1=O. The van der Waals surface area contributed by atoms with E-state index in [1.165, 1.54) is 12.3 Å². The molecule has 33 heavy (non-hydrogen) atoms. The van der Waals surface area contributed by atoms with Gasteiger partial charge in [-0.15, -0.1) is 0 Å². The lowest BCUT2D eigenvalue weighted by atomic mass is 9.93. The molecular formula is C27H22N2O4. The average molecular weight is 438 g/mol. The van der Waals surface area contributed by atoms with Crippen LogP contribution in [0.15, 0.2) is 79.0 Å². The standard InChI is InChI=1S/C27H22N2O4/c1-27(2)26(31)24(25(33-27)19-10-14-23(30)28-15-19)18-8-12-21(13-9-18)32-16-20-11-7-17-5-3-4-6-22(17)29-20/h3-15H,16H2,1-2H3,(H,28,30). The first-order valence-corrected chi connectivity index (χ1v) is 10.6. The number of benzene rings is 2. The number of ketones is 1. The van der Waals surface area contributed by atoms with Crippen molar-refractivity contribution in [2.45, 2.75) is 26.1 Å². The summed E-state index contributed by atoms with van der Waals surface area (Å²) < 4.78 is 11.9. The number of ether oxygens (including phenoxy) is 2. The molecule has 1 N–H and O–H groups in total. The predicted octanol–water partition coefficient (Wildman–Crippen LogP) is 5.16. The van der Waals surface area contributed by atoms with Gasteiger partial charge < -0.3 is 14.6 Å². The van der Waals surface area contributed by atoms with Crippen molar-refractivity contribution in [1.82, 2.24) is 9.97 Å². The predicted molar refractivity (Wildman–Crippen MR) is 125 cm³/mol. The molecule has 0 aliphatic carbocycles. The lowest BCUT2D eigenvalue weighted by Gasteiger charge is -2.17. The molecule has 0 radical (unpaired) electrons. The number of aromatic hydroxyl groups is 1. The number of hydrogen-bond acceptors (Lipinski definition) is 6. The van der Waals surface area contributed by atoms with E-state index in [9.17, 15) is 9.90 Å². The molecule has 0 bridgehead atoms. The van der Waals surface area contributed by atoms with E-state index in [0.717, 1.165) is 22.2 Å². The van der Waals surface area contributed by atoms with E-state index in [4.69, 9.17) is 9.47 Å². The molecule has 5 rings (SSSR count). The minimum absolute atomic E-state index is 0.0908. The number of Topliss-reactive ketones (excluding diaryl/α,β-unsaturated/α-hetero) is 1. The number of hydrogen-bond donors (Lipinski definition) is 1. The molecule has 0 unspecified atom stereocenters. The number of rotatable bonds is 5.